The normalized spacial score (nSPS) is 29.3. The molecule has 0 amide bonds. The third kappa shape index (κ3) is 2.40. The number of fused-ring (bicyclic) bond motifs is 1. The number of aliphatic hydroxyl groups excluding tert-OH is 3. The van der Waals surface area contributed by atoms with Crippen molar-refractivity contribution < 1.29 is 20.1 Å². The first-order valence-electron chi connectivity index (χ1n) is 6.60. The van der Waals surface area contributed by atoms with Crippen molar-refractivity contribution in [3.63, 3.8) is 0 Å². The average Bonchev–Trinajstić information content (AvgIpc) is 3.03. The molecule has 114 valence electrons. The second kappa shape index (κ2) is 5.85. The van der Waals surface area contributed by atoms with E-state index in [9.17, 15) is 10.2 Å². The third-order valence-electron chi connectivity index (χ3n) is 3.39. The zero-order valence-corrected chi connectivity index (χ0v) is 12.1. The summed E-state index contributed by atoms with van der Waals surface area (Å²) in [4.78, 5) is 8.39. The van der Waals surface area contributed by atoms with Gasteiger partial charge in [-0.15, -0.1) is 11.8 Å². The topological polar surface area (TPSA) is 114 Å². The zero-order valence-electron chi connectivity index (χ0n) is 11.3. The first kappa shape index (κ1) is 14.7. The van der Waals surface area contributed by atoms with Crippen LogP contribution in [0.5, 0.6) is 0 Å². The van der Waals surface area contributed by atoms with Crippen molar-refractivity contribution in [2.45, 2.75) is 36.5 Å². The van der Waals surface area contributed by atoms with Gasteiger partial charge in [0.2, 0.25) is 0 Å². The Balaban J connectivity index is 2.00. The molecule has 9 heteroatoms. The summed E-state index contributed by atoms with van der Waals surface area (Å²) in [6, 6.07) is 0. The van der Waals surface area contributed by atoms with Crippen molar-refractivity contribution in [1.82, 2.24) is 19.7 Å². The van der Waals surface area contributed by atoms with Crippen LogP contribution < -0.4 is 0 Å². The molecule has 0 aromatic carbocycles. The molecule has 0 spiro atoms. The van der Waals surface area contributed by atoms with Gasteiger partial charge < -0.3 is 20.1 Å². The van der Waals surface area contributed by atoms with Crippen LogP contribution in [0, 0.1) is 0 Å². The van der Waals surface area contributed by atoms with Crippen LogP contribution in [0.2, 0.25) is 0 Å². The fourth-order valence-corrected chi connectivity index (χ4v) is 3.06. The maximum atomic E-state index is 10.1. The number of aliphatic hydroxyl groups is 3. The molecule has 2 aromatic heterocycles. The Morgan fingerprint density at radius 3 is 2.81 bits per heavy atom. The Bertz CT molecular complexity index is 637. The number of thioether (sulfide) groups is 1. The van der Waals surface area contributed by atoms with E-state index in [1.165, 1.54) is 11.0 Å². The van der Waals surface area contributed by atoms with Crippen LogP contribution in [0.3, 0.4) is 0 Å². The summed E-state index contributed by atoms with van der Waals surface area (Å²) in [6.45, 7) is 1.65. The minimum Gasteiger partial charge on any atom is -0.394 e. The maximum Gasteiger partial charge on any atom is 0.181 e. The molecule has 4 atom stereocenters. The van der Waals surface area contributed by atoms with E-state index in [2.05, 4.69) is 15.1 Å². The second-order valence-electron chi connectivity index (χ2n) is 4.67. The highest BCUT2D eigenvalue weighted by Gasteiger charge is 2.44. The molecular weight excluding hydrogens is 296 g/mol. The molecule has 0 radical (unpaired) electrons. The highest BCUT2D eigenvalue weighted by atomic mass is 32.2. The van der Waals surface area contributed by atoms with Gasteiger partial charge in [0.05, 0.1) is 18.2 Å². The Kier molecular flexibility index (Phi) is 4.09. The lowest BCUT2D eigenvalue weighted by molar-refractivity contribution is -0.0566. The van der Waals surface area contributed by atoms with Crippen molar-refractivity contribution in [3.8, 4) is 0 Å². The van der Waals surface area contributed by atoms with E-state index in [4.69, 9.17) is 9.84 Å². The Morgan fingerprint density at radius 2 is 2.14 bits per heavy atom. The van der Waals surface area contributed by atoms with Gasteiger partial charge in [0.1, 0.15) is 29.7 Å². The fraction of sp³-hybridized carbons (Fsp3) is 0.583. The van der Waals surface area contributed by atoms with Gasteiger partial charge in [-0.3, -0.25) is 0 Å². The SMILES string of the molecule is CCSc1ncnc2c1cnn2[C@@H]1O[C@H](CO)[C@@H](O)[C@H]1O. The number of aromatic nitrogens is 4. The highest BCUT2D eigenvalue weighted by Crippen LogP contribution is 2.32. The number of hydrogen-bond acceptors (Lipinski definition) is 8. The van der Waals surface area contributed by atoms with Crippen LogP contribution in [0.15, 0.2) is 17.6 Å². The van der Waals surface area contributed by atoms with E-state index in [0.29, 0.717) is 5.65 Å². The van der Waals surface area contributed by atoms with Crippen molar-refractivity contribution >= 4 is 22.8 Å². The molecule has 3 heterocycles. The van der Waals surface area contributed by atoms with Crippen LogP contribution in [-0.4, -0.2) is 65.7 Å². The van der Waals surface area contributed by atoms with Crippen LogP contribution in [0.1, 0.15) is 13.2 Å². The molecule has 0 saturated carbocycles. The molecule has 2 aromatic rings. The molecule has 1 aliphatic heterocycles. The minimum atomic E-state index is -1.18. The van der Waals surface area contributed by atoms with E-state index >= 15 is 0 Å². The highest BCUT2D eigenvalue weighted by molar-refractivity contribution is 7.99. The van der Waals surface area contributed by atoms with E-state index in [1.807, 2.05) is 6.92 Å². The van der Waals surface area contributed by atoms with Gasteiger partial charge in [0.15, 0.2) is 11.9 Å². The summed E-state index contributed by atoms with van der Waals surface area (Å²) in [6.07, 6.45) is -1.02. The molecule has 0 bridgehead atoms. The number of rotatable bonds is 4. The summed E-state index contributed by atoms with van der Waals surface area (Å²) >= 11 is 1.57. The molecular formula is C12H16N4O4S. The lowest BCUT2D eigenvalue weighted by atomic mass is 10.1. The molecule has 3 rings (SSSR count). The van der Waals surface area contributed by atoms with Crippen LogP contribution in [-0.2, 0) is 4.74 Å². The molecule has 3 N–H and O–H groups in total. The monoisotopic (exact) mass is 312 g/mol. The largest absolute Gasteiger partial charge is 0.394 e. The summed E-state index contributed by atoms with van der Waals surface area (Å²) in [5, 5.41) is 34.8. The fourth-order valence-electron chi connectivity index (χ4n) is 2.36. The first-order valence-corrected chi connectivity index (χ1v) is 7.59. The Hall–Kier alpha value is -1.26. The average molecular weight is 312 g/mol. The summed E-state index contributed by atoms with van der Waals surface area (Å²) in [5.74, 6) is 0.866. The predicted octanol–water partition coefficient (Wildman–Crippen LogP) is -0.450. The summed E-state index contributed by atoms with van der Waals surface area (Å²) in [5.41, 5.74) is 0.524. The van der Waals surface area contributed by atoms with Crippen molar-refractivity contribution in [2.24, 2.45) is 0 Å². The number of nitrogens with zero attached hydrogens (tertiary/aromatic N) is 4. The molecule has 0 aliphatic carbocycles. The maximum absolute atomic E-state index is 10.1. The van der Waals surface area contributed by atoms with Gasteiger partial charge in [-0.1, -0.05) is 6.92 Å². The Morgan fingerprint density at radius 1 is 1.33 bits per heavy atom. The van der Waals surface area contributed by atoms with Crippen molar-refractivity contribution in [2.75, 3.05) is 12.4 Å². The standard InChI is InChI=1S/C12H16N4O4S/c1-2-21-11-6-3-15-16(10(6)13-5-14-11)12-9(19)8(18)7(4-17)20-12/h3,5,7-9,12,17-19H,2,4H2,1H3/t7-,8-,9-,12-/m1/s1. The van der Waals surface area contributed by atoms with E-state index < -0.39 is 24.5 Å². The number of ether oxygens (including phenoxy) is 1. The minimum absolute atomic E-state index is 0.375. The lowest BCUT2D eigenvalue weighted by Gasteiger charge is -2.15. The van der Waals surface area contributed by atoms with Gasteiger partial charge in [-0.05, 0) is 5.75 Å². The third-order valence-corrected chi connectivity index (χ3v) is 4.28. The second-order valence-corrected chi connectivity index (χ2v) is 5.92. The van der Waals surface area contributed by atoms with Gasteiger partial charge in [-0.2, -0.15) is 5.10 Å². The van der Waals surface area contributed by atoms with Gasteiger partial charge in [0, 0.05) is 0 Å². The molecule has 1 aliphatic rings. The predicted molar refractivity (Wildman–Crippen MR) is 74.7 cm³/mol. The molecule has 1 fully saturated rings. The van der Waals surface area contributed by atoms with Gasteiger partial charge in [-0.25, -0.2) is 14.6 Å². The van der Waals surface area contributed by atoms with E-state index in [1.54, 1.807) is 18.0 Å². The molecule has 0 unspecified atom stereocenters. The quantitative estimate of drug-likeness (QED) is 0.514. The summed E-state index contributed by atoms with van der Waals surface area (Å²) < 4.78 is 6.89. The smallest absolute Gasteiger partial charge is 0.181 e. The van der Waals surface area contributed by atoms with E-state index in [0.717, 1.165) is 16.2 Å². The Labute approximate surface area is 124 Å². The molecule has 21 heavy (non-hydrogen) atoms. The van der Waals surface area contributed by atoms with Crippen LogP contribution >= 0.6 is 11.8 Å². The molecule has 8 nitrogen and oxygen atoms in total. The van der Waals surface area contributed by atoms with Gasteiger partial charge in [0.25, 0.3) is 0 Å². The van der Waals surface area contributed by atoms with E-state index in [-0.39, 0.29) is 6.61 Å². The zero-order chi connectivity index (χ0) is 15.0. The lowest BCUT2D eigenvalue weighted by Crippen LogP contribution is -2.33. The van der Waals surface area contributed by atoms with Crippen molar-refractivity contribution in [1.29, 1.82) is 0 Å². The number of hydrogen-bond donors (Lipinski definition) is 3. The summed E-state index contributed by atoms with van der Waals surface area (Å²) in [7, 11) is 0. The van der Waals surface area contributed by atoms with Crippen molar-refractivity contribution in [3.05, 3.63) is 12.5 Å². The molecule has 1 saturated heterocycles. The van der Waals surface area contributed by atoms with Crippen LogP contribution in [0.4, 0.5) is 0 Å². The first-order chi connectivity index (χ1) is 10.2. The van der Waals surface area contributed by atoms with Gasteiger partial charge >= 0.3 is 0 Å². The van der Waals surface area contributed by atoms with Crippen LogP contribution in [0.25, 0.3) is 11.0 Å².